The van der Waals surface area contributed by atoms with Crippen LogP contribution in [0.4, 0.5) is 9.59 Å². The van der Waals surface area contributed by atoms with Crippen LogP contribution in [0, 0.1) is 0 Å². The first kappa shape index (κ1) is 18.5. The molecule has 2 amide bonds. The fraction of sp³-hybridized carbons (Fsp3) is 0.867. The molecule has 7 nitrogen and oxygen atoms in total. The SMILES string of the molecule is CC(C)(C)OC(=O)N[C@H]1C[C@H](O)CN(C(=O)OC(C)(C)C)C1. The number of carbonyl (C=O) groups is 2. The van der Waals surface area contributed by atoms with Crippen LogP contribution in [0.5, 0.6) is 0 Å². The zero-order chi connectivity index (χ0) is 17.1. The van der Waals surface area contributed by atoms with Crippen LogP contribution in [-0.4, -0.2) is 58.6 Å². The predicted octanol–water partition coefficient (Wildman–Crippen LogP) is 1.88. The summed E-state index contributed by atoms with van der Waals surface area (Å²) in [6, 6.07) is -0.369. The first-order valence-corrected chi connectivity index (χ1v) is 7.51. The number of rotatable bonds is 1. The Morgan fingerprint density at radius 3 is 2.09 bits per heavy atom. The Hall–Kier alpha value is -1.50. The second-order valence-corrected chi connectivity index (χ2v) is 7.62. The van der Waals surface area contributed by atoms with Crippen LogP contribution in [0.2, 0.25) is 0 Å². The van der Waals surface area contributed by atoms with Gasteiger partial charge in [-0.3, -0.25) is 0 Å². The fourth-order valence-electron chi connectivity index (χ4n) is 2.13. The fourth-order valence-corrected chi connectivity index (χ4v) is 2.13. The molecule has 0 aromatic rings. The summed E-state index contributed by atoms with van der Waals surface area (Å²) in [7, 11) is 0. The maximum atomic E-state index is 12.1. The number of aliphatic hydroxyl groups excluding tert-OH is 1. The largest absolute Gasteiger partial charge is 0.444 e. The van der Waals surface area contributed by atoms with Crippen molar-refractivity contribution >= 4 is 12.2 Å². The van der Waals surface area contributed by atoms with Gasteiger partial charge < -0.3 is 24.8 Å². The van der Waals surface area contributed by atoms with Crippen molar-refractivity contribution in [2.45, 2.75) is 71.3 Å². The van der Waals surface area contributed by atoms with Gasteiger partial charge in [-0.2, -0.15) is 0 Å². The van der Waals surface area contributed by atoms with Gasteiger partial charge in [0.2, 0.25) is 0 Å². The number of aliphatic hydroxyl groups is 1. The molecule has 1 fully saturated rings. The number of β-amino-alcohol motifs (C(OH)–C–C–N with tert-alkyl or cyclic N) is 1. The summed E-state index contributed by atoms with van der Waals surface area (Å²) < 4.78 is 10.5. The van der Waals surface area contributed by atoms with Crippen molar-refractivity contribution in [3.8, 4) is 0 Å². The molecule has 2 atom stereocenters. The molecule has 2 N–H and O–H groups in total. The average Bonchev–Trinajstić information content (AvgIpc) is 2.22. The van der Waals surface area contributed by atoms with Gasteiger partial charge in [-0.25, -0.2) is 9.59 Å². The molecular formula is C15H28N2O5. The van der Waals surface area contributed by atoms with E-state index < -0.39 is 29.5 Å². The third kappa shape index (κ3) is 6.98. The van der Waals surface area contributed by atoms with Gasteiger partial charge in [-0.15, -0.1) is 0 Å². The van der Waals surface area contributed by atoms with Gasteiger partial charge in [0, 0.05) is 6.54 Å². The van der Waals surface area contributed by atoms with E-state index in [4.69, 9.17) is 9.47 Å². The van der Waals surface area contributed by atoms with Crippen molar-refractivity contribution in [1.82, 2.24) is 10.2 Å². The molecule has 0 aromatic heterocycles. The topological polar surface area (TPSA) is 88.1 Å². The number of piperidine rings is 1. The number of hydrogen-bond donors (Lipinski definition) is 2. The Kier molecular flexibility index (Phi) is 5.67. The van der Waals surface area contributed by atoms with Gasteiger partial charge in [-0.1, -0.05) is 0 Å². The molecule has 0 bridgehead atoms. The van der Waals surface area contributed by atoms with Crippen LogP contribution in [0.15, 0.2) is 0 Å². The summed E-state index contributed by atoms with van der Waals surface area (Å²) in [4.78, 5) is 25.3. The van der Waals surface area contributed by atoms with Crippen molar-refractivity contribution < 1.29 is 24.2 Å². The van der Waals surface area contributed by atoms with Gasteiger partial charge in [-0.05, 0) is 48.0 Å². The minimum Gasteiger partial charge on any atom is -0.444 e. The van der Waals surface area contributed by atoms with E-state index in [9.17, 15) is 14.7 Å². The third-order valence-electron chi connectivity index (χ3n) is 2.80. The predicted molar refractivity (Wildman–Crippen MR) is 81.6 cm³/mol. The van der Waals surface area contributed by atoms with E-state index >= 15 is 0 Å². The second-order valence-electron chi connectivity index (χ2n) is 7.62. The molecular weight excluding hydrogens is 288 g/mol. The van der Waals surface area contributed by atoms with Crippen LogP contribution in [0.25, 0.3) is 0 Å². The summed E-state index contributed by atoms with van der Waals surface area (Å²) in [6.07, 6.45) is -1.39. The first-order chi connectivity index (χ1) is 9.85. The third-order valence-corrected chi connectivity index (χ3v) is 2.80. The number of hydrogen-bond acceptors (Lipinski definition) is 5. The molecule has 1 rings (SSSR count). The number of nitrogens with one attached hydrogen (secondary N) is 1. The Labute approximate surface area is 131 Å². The maximum Gasteiger partial charge on any atom is 0.410 e. The van der Waals surface area contributed by atoms with Crippen LogP contribution >= 0.6 is 0 Å². The first-order valence-electron chi connectivity index (χ1n) is 7.51. The lowest BCUT2D eigenvalue weighted by atomic mass is 10.0. The summed E-state index contributed by atoms with van der Waals surface area (Å²) in [5, 5.41) is 12.6. The number of carbonyl (C=O) groups excluding carboxylic acids is 2. The Balaban J connectivity index is 2.60. The van der Waals surface area contributed by atoms with Crippen LogP contribution < -0.4 is 5.32 Å². The molecule has 1 saturated heterocycles. The van der Waals surface area contributed by atoms with Gasteiger partial charge in [0.05, 0.1) is 18.7 Å². The van der Waals surface area contributed by atoms with Gasteiger partial charge in [0.15, 0.2) is 0 Å². The second kappa shape index (κ2) is 6.73. The average molecular weight is 316 g/mol. The maximum absolute atomic E-state index is 12.1. The lowest BCUT2D eigenvalue weighted by Gasteiger charge is -2.36. The molecule has 1 aliphatic heterocycles. The van der Waals surface area contributed by atoms with E-state index in [1.807, 2.05) is 0 Å². The number of ether oxygens (including phenoxy) is 2. The highest BCUT2D eigenvalue weighted by Gasteiger charge is 2.33. The van der Waals surface area contributed by atoms with Crippen LogP contribution in [0.1, 0.15) is 48.0 Å². The molecule has 0 radical (unpaired) electrons. The normalized spacial score (nSPS) is 23.0. The Morgan fingerprint density at radius 2 is 1.59 bits per heavy atom. The zero-order valence-corrected chi connectivity index (χ0v) is 14.3. The van der Waals surface area contributed by atoms with Crippen molar-refractivity contribution in [3.63, 3.8) is 0 Å². The Bertz CT molecular complexity index is 411. The van der Waals surface area contributed by atoms with Crippen molar-refractivity contribution in [2.75, 3.05) is 13.1 Å². The molecule has 0 saturated carbocycles. The van der Waals surface area contributed by atoms with Crippen molar-refractivity contribution in [3.05, 3.63) is 0 Å². The van der Waals surface area contributed by atoms with Crippen LogP contribution in [-0.2, 0) is 9.47 Å². The molecule has 0 spiro atoms. The highest BCUT2D eigenvalue weighted by atomic mass is 16.6. The molecule has 0 unspecified atom stereocenters. The molecule has 1 aliphatic rings. The van der Waals surface area contributed by atoms with E-state index in [0.717, 1.165) is 0 Å². The van der Waals surface area contributed by atoms with Gasteiger partial charge in [0.25, 0.3) is 0 Å². The van der Waals surface area contributed by atoms with Gasteiger partial charge in [0.1, 0.15) is 11.2 Å². The zero-order valence-electron chi connectivity index (χ0n) is 14.3. The molecule has 22 heavy (non-hydrogen) atoms. The number of amides is 2. The van der Waals surface area contributed by atoms with Crippen molar-refractivity contribution in [1.29, 1.82) is 0 Å². The molecule has 0 aliphatic carbocycles. The molecule has 128 valence electrons. The van der Waals surface area contributed by atoms with Gasteiger partial charge >= 0.3 is 12.2 Å². The molecule has 7 heteroatoms. The smallest absolute Gasteiger partial charge is 0.410 e. The highest BCUT2D eigenvalue weighted by molar-refractivity contribution is 5.70. The lowest BCUT2D eigenvalue weighted by molar-refractivity contribution is -0.00477. The minimum atomic E-state index is -0.707. The highest BCUT2D eigenvalue weighted by Crippen LogP contribution is 2.16. The lowest BCUT2D eigenvalue weighted by Crippen LogP contribution is -2.55. The minimum absolute atomic E-state index is 0.196. The standard InChI is InChI=1S/C15H28N2O5/c1-14(2,3)21-12(19)16-10-7-11(18)9-17(8-10)13(20)22-15(4,5)6/h10-11,18H,7-9H2,1-6H3,(H,16,19)/t10-,11-/m0/s1. The van der Waals surface area contributed by atoms with E-state index in [1.165, 1.54) is 4.90 Å². The molecule has 1 heterocycles. The van der Waals surface area contributed by atoms with Crippen LogP contribution in [0.3, 0.4) is 0 Å². The number of nitrogens with zero attached hydrogens (tertiary/aromatic N) is 1. The monoisotopic (exact) mass is 316 g/mol. The summed E-state index contributed by atoms with van der Waals surface area (Å²) in [6.45, 7) is 11.1. The van der Waals surface area contributed by atoms with E-state index in [0.29, 0.717) is 6.42 Å². The summed E-state index contributed by atoms with van der Waals surface area (Å²) in [5.74, 6) is 0. The number of alkyl carbamates (subject to hydrolysis) is 1. The van der Waals surface area contributed by atoms with Crippen molar-refractivity contribution in [2.24, 2.45) is 0 Å². The van der Waals surface area contributed by atoms with E-state index in [-0.39, 0.29) is 19.1 Å². The molecule has 0 aromatic carbocycles. The number of likely N-dealkylation sites (tertiary alicyclic amines) is 1. The Morgan fingerprint density at radius 1 is 1.05 bits per heavy atom. The van der Waals surface area contributed by atoms with E-state index in [1.54, 1.807) is 41.5 Å². The summed E-state index contributed by atoms with van der Waals surface area (Å²) in [5.41, 5.74) is -1.20. The quantitative estimate of drug-likeness (QED) is 0.771. The summed E-state index contributed by atoms with van der Waals surface area (Å²) >= 11 is 0. The van der Waals surface area contributed by atoms with E-state index in [2.05, 4.69) is 5.32 Å².